The van der Waals surface area contributed by atoms with E-state index in [-0.39, 0.29) is 17.9 Å². The van der Waals surface area contributed by atoms with Crippen LogP contribution in [0.1, 0.15) is 23.2 Å². The first-order chi connectivity index (χ1) is 11.2. The van der Waals surface area contributed by atoms with Crippen molar-refractivity contribution < 1.29 is 14.3 Å². The molecule has 1 fully saturated rings. The number of carbonyl (C=O) groups excluding carboxylic acids is 2. The average molecular weight is 319 g/mol. The summed E-state index contributed by atoms with van der Waals surface area (Å²) in [5.41, 5.74) is 6.26. The molecule has 1 saturated heterocycles. The lowest BCUT2D eigenvalue weighted by molar-refractivity contribution is -0.133. The van der Waals surface area contributed by atoms with Gasteiger partial charge in [0.25, 0.3) is 5.91 Å². The van der Waals surface area contributed by atoms with Crippen molar-refractivity contribution in [1.82, 2.24) is 9.80 Å². The Hall–Kier alpha value is -1.92. The molecule has 1 aliphatic heterocycles. The van der Waals surface area contributed by atoms with Gasteiger partial charge in [-0.05, 0) is 18.6 Å². The Morgan fingerprint density at radius 2 is 1.78 bits per heavy atom. The third-order valence-corrected chi connectivity index (χ3v) is 4.16. The summed E-state index contributed by atoms with van der Waals surface area (Å²) in [5, 5.41) is 0. The first-order valence-corrected chi connectivity index (χ1v) is 8.00. The number of nitrogens with two attached hydrogens (primary N) is 1. The van der Waals surface area contributed by atoms with Crippen LogP contribution in [0.2, 0.25) is 0 Å². The van der Waals surface area contributed by atoms with Crippen molar-refractivity contribution in [3.8, 4) is 0 Å². The van der Waals surface area contributed by atoms with Gasteiger partial charge in [0, 0.05) is 45.4 Å². The van der Waals surface area contributed by atoms with E-state index < -0.39 is 0 Å². The number of methoxy groups -OCH3 is 1. The Labute approximate surface area is 137 Å². The summed E-state index contributed by atoms with van der Waals surface area (Å²) in [4.78, 5) is 28.4. The fourth-order valence-electron chi connectivity index (χ4n) is 2.72. The van der Waals surface area contributed by atoms with E-state index in [2.05, 4.69) is 0 Å². The summed E-state index contributed by atoms with van der Waals surface area (Å²) in [5.74, 6) is 0.0629. The van der Waals surface area contributed by atoms with Crippen LogP contribution in [-0.4, -0.2) is 67.6 Å². The van der Waals surface area contributed by atoms with E-state index in [9.17, 15) is 9.59 Å². The molecule has 0 radical (unpaired) electrons. The average Bonchev–Trinajstić information content (AvgIpc) is 2.85. The summed E-state index contributed by atoms with van der Waals surface area (Å²) in [7, 11) is 1.56. The second kappa shape index (κ2) is 8.64. The Morgan fingerprint density at radius 3 is 2.43 bits per heavy atom. The fourth-order valence-corrected chi connectivity index (χ4v) is 2.72. The van der Waals surface area contributed by atoms with Crippen molar-refractivity contribution in [1.29, 1.82) is 0 Å². The predicted octanol–water partition coefficient (Wildman–Crippen LogP) is 0.725. The van der Waals surface area contributed by atoms with Gasteiger partial charge in [-0.1, -0.05) is 18.2 Å². The van der Waals surface area contributed by atoms with E-state index in [1.807, 2.05) is 35.2 Å². The lowest BCUT2D eigenvalue weighted by atomic mass is 10.2. The van der Waals surface area contributed by atoms with E-state index in [0.29, 0.717) is 44.7 Å². The topological polar surface area (TPSA) is 75.9 Å². The smallest absolute Gasteiger partial charge is 0.253 e. The number of ether oxygens (including phenoxy) is 1. The highest BCUT2D eigenvalue weighted by Crippen LogP contribution is 2.11. The second-order valence-corrected chi connectivity index (χ2v) is 5.69. The van der Waals surface area contributed by atoms with Gasteiger partial charge >= 0.3 is 0 Å². The van der Waals surface area contributed by atoms with E-state index >= 15 is 0 Å². The third-order valence-electron chi connectivity index (χ3n) is 4.16. The Balaban J connectivity index is 1.92. The van der Waals surface area contributed by atoms with Crippen molar-refractivity contribution in [2.24, 2.45) is 5.73 Å². The lowest BCUT2D eigenvalue weighted by Gasteiger charge is -2.23. The highest BCUT2D eigenvalue weighted by atomic mass is 16.5. The molecule has 1 aliphatic rings. The van der Waals surface area contributed by atoms with Crippen LogP contribution in [0.3, 0.4) is 0 Å². The number of benzene rings is 1. The molecule has 2 amide bonds. The Morgan fingerprint density at radius 1 is 1.13 bits per heavy atom. The number of hydrogen-bond acceptors (Lipinski definition) is 4. The van der Waals surface area contributed by atoms with E-state index in [4.69, 9.17) is 10.5 Å². The summed E-state index contributed by atoms with van der Waals surface area (Å²) >= 11 is 0. The first kappa shape index (κ1) is 17.4. The second-order valence-electron chi connectivity index (χ2n) is 5.69. The minimum atomic E-state index is -0.243. The lowest BCUT2D eigenvalue weighted by Crippen LogP contribution is -2.39. The van der Waals surface area contributed by atoms with Crippen molar-refractivity contribution in [3.05, 3.63) is 35.9 Å². The third kappa shape index (κ3) is 4.77. The summed E-state index contributed by atoms with van der Waals surface area (Å²) in [6.07, 6.45) is 0.831. The molecule has 1 aromatic rings. The summed E-state index contributed by atoms with van der Waals surface area (Å²) < 4.78 is 5.17. The van der Waals surface area contributed by atoms with Crippen molar-refractivity contribution >= 4 is 11.8 Å². The normalized spacial score (nSPS) is 16.8. The largest absolute Gasteiger partial charge is 0.380 e. The number of rotatable bonds is 5. The van der Waals surface area contributed by atoms with Crippen LogP contribution in [-0.2, 0) is 9.53 Å². The zero-order valence-corrected chi connectivity index (χ0v) is 13.6. The number of hydrogen-bond donors (Lipinski definition) is 1. The molecule has 0 aliphatic carbocycles. The van der Waals surface area contributed by atoms with Crippen LogP contribution in [0, 0.1) is 0 Å². The first-order valence-electron chi connectivity index (χ1n) is 8.00. The minimum absolute atomic E-state index is 0.0247. The quantitative estimate of drug-likeness (QED) is 0.868. The van der Waals surface area contributed by atoms with Gasteiger partial charge in [0.15, 0.2) is 0 Å². The summed E-state index contributed by atoms with van der Waals surface area (Å²) in [6, 6.07) is 9.25. The highest BCUT2D eigenvalue weighted by Gasteiger charge is 2.24. The molecule has 126 valence electrons. The maximum Gasteiger partial charge on any atom is 0.253 e. The molecule has 6 heteroatoms. The molecular weight excluding hydrogens is 294 g/mol. The zero-order chi connectivity index (χ0) is 16.7. The fraction of sp³-hybridized carbons (Fsp3) is 0.529. The van der Waals surface area contributed by atoms with Crippen LogP contribution < -0.4 is 5.73 Å². The van der Waals surface area contributed by atoms with Crippen molar-refractivity contribution in [2.45, 2.75) is 18.9 Å². The molecule has 6 nitrogen and oxygen atoms in total. The van der Waals surface area contributed by atoms with Gasteiger partial charge in [-0.25, -0.2) is 0 Å². The minimum Gasteiger partial charge on any atom is -0.380 e. The van der Waals surface area contributed by atoms with E-state index in [0.717, 1.165) is 6.42 Å². The number of amides is 2. The molecule has 2 N–H and O–H groups in total. The Kier molecular flexibility index (Phi) is 6.55. The van der Waals surface area contributed by atoms with Crippen LogP contribution in [0.4, 0.5) is 0 Å². The molecule has 1 atom stereocenters. The van der Waals surface area contributed by atoms with E-state index in [1.54, 1.807) is 12.0 Å². The maximum atomic E-state index is 12.5. The number of nitrogens with zero attached hydrogens (tertiary/aromatic N) is 2. The monoisotopic (exact) mass is 319 g/mol. The highest BCUT2D eigenvalue weighted by molar-refractivity contribution is 5.94. The summed E-state index contributed by atoms with van der Waals surface area (Å²) in [6.45, 7) is 2.77. The van der Waals surface area contributed by atoms with Crippen molar-refractivity contribution in [3.63, 3.8) is 0 Å². The predicted molar refractivity (Wildman–Crippen MR) is 88.0 cm³/mol. The van der Waals surface area contributed by atoms with Gasteiger partial charge in [0.05, 0.1) is 12.5 Å². The van der Waals surface area contributed by atoms with Gasteiger partial charge < -0.3 is 20.3 Å². The van der Waals surface area contributed by atoms with Gasteiger partial charge in [0.1, 0.15) is 0 Å². The van der Waals surface area contributed by atoms with Crippen LogP contribution in [0.5, 0.6) is 0 Å². The van der Waals surface area contributed by atoms with Gasteiger partial charge in [0.2, 0.25) is 5.91 Å². The molecule has 1 heterocycles. The van der Waals surface area contributed by atoms with E-state index in [1.165, 1.54) is 0 Å². The van der Waals surface area contributed by atoms with Crippen molar-refractivity contribution in [2.75, 3.05) is 39.8 Å². The molecule has 0 spiro atoms. The van der Waals surface area contributed by atoms with Crippen LogP contribution >= 0.6 is 0 Å². The standard InChI is InChI=1S/C17H25N3O3/c1-23-15(13-18)12-16(21)19-8-5-9-20(11-10-19)17(22)14-6-3-2-4-7-14/h2-4,6-7,15H,5,8-13,18H2,1H3. The molecule has 23 heavy (non-hydrogen) atoms. The molecular formula is C17H25N3O3. The van der Waals surface area contributed by atoms with Gasteiger partial charge in [-0.3, -0.25) is 9.59 Å². The molecule has 1 aromatic carbocycles. The zero-order valence-electron chi connectivity index (χ0n) is 13.6. The molecule has 1 unspecified atom stereocenters. The SMILES string of the molecule is COC(CN)CC(=O)N1CCCN(C(=O)c2ccccc2)CC1. The van der Waals surface area contributed by atoms with Crippen LogP contribution in [0.15, 0.2) is 30.3 Å². The number of carbonyl (C=O) groups is 2. The molecule has 0 aromatic heterocycles. The maximum absolute atomic E-state index is 12.5. The molecule has 0 saturated carbocycles. The van der Waals surface area contributed by atoms with Crippen LogP contribution in [0.25, 0.3) is 0 Å². The van der Waals surface area contributed by atoms with Gasteiger partial charge in [-0.2, -0.15) is 0 Å². The van der Waals surface area contributed by atoms with Gasteiger partial charge in [-0.15, -0.1) is 0 Å². The molecule has 0 bridgehead atoms. The Bertz CT molecular complexity index is 517. The molecule has 2 rings (SSSR count).